The molecule has 0 saturated carbocycles. The quantitative estimate of drug-likeness (QED) is 0.355. The molecule has 0 radical (unpaired) electrons. The fourth-order valence-corrected chi connectivity index (χ4v) is 7.49. The molecule has 7 rings (SSSR count). The van der Waals surface area contributed by atoms with Gasteiger partial charge in [0.15, 0.2) is 0 Å². The van der Waals surface area contributed by atoms with Crippen LogP contribution in [-0.2, 0) is 40.2 Å². The number of hydrogen-bond donors (Lipinski definition) is 4. The van der Waals surface area contributed by atoms with Gasteiger partial charge in [-0.25, -0.2) is 0 Å². The number of nitrogens with one attached hydrogen (secondary N) is 4. The molecule has 1 aromatic heterocycles. The summed E-state index contributed by atoms with van der Waals surface area (Å²) in [5.41, 5.74) is 5.85. The second-order valence-corrected chi connectivity index (χ2v) is 13.9. The van der Waals surface area contributed by atoms with Crippen LogP contribution >= 0.6 is 11.6 Å². The van der Waals surface area contributed by atoms with Crippen LogP contribution in [0.2, 0.25) is 5.02 Å². The maximum Gasteiger partial charge on any atom is 0.236 e. The molecule has 1 aliphatic carbocycles. The molecule has 10 heteroatoms. The minimum absolute atomic E-state index is 0.0121. The van der Waals surface area contributed by atoms with Gasteiger partial charge in [-0.15, -0.1) is 0 Å². The van der Waals surface area contributed by atoms with E-state index in [1.807, 2.05) is 41.3 Å². The Hall–Kier alpha value is -4.11. The van der Waals surface area contributed by atoms with Crippen molar-refractivity contribution in [1.29, 1.82) is 0 Å². The molecule has 2 atom stereocenters. The summed E-state index contributed by atoms with van der Waals surface area (Å²) in [6, 6.07) is 7.77. The number of fused-ring (bicyclic) bond motifs is 5. The summed E-state index contributed by atoms with van der Waals surface area (Å²) < 4.78 is 0. The summed E-state index contributed by atoms with van der Waals surface area (Å²) >= 11 is 6.58. The number of carbonyl (C=O) groups excluding carboxylic acids is 3. The Morgan fingerprint density at radius 2 is 1.98 bits per heavy atom. The van der Waals surface area contributed by atoms with Crippen LogP contribution in [0.3, 0.4) is 0 Å². The molecule has 9 nitrogen and oxygen atoms in total. The van der Waals surface area contributed by atoms with Crippen LogP contribution in [0.15, 0.2) is 54.0 Å². The lowest BCUT2D eigenvalue weighted by molar-refractivity contribution is -0.139. The molecule has 1 unspecified atom stereocenters. The van der Waals surface area contributed by atoms with Crippen molar-refractivity contribution in [2.75, 3.05) is 18.4 Å². The number of aromatic nitrogens is 2. The maximum absolute atomic E-state index is 13.9. The summed E-state index contributed by atoms with van der Waals surface area (Å²) in [6.07, 6.45) is 7.52. The minimum Gasteiger partial charge on any atom is -0.368 e. The highest BCUT2D eigenvalue weighted by Gasteiger charge is 2.51. The van der Waals surface area contributed by atoms with Gasteiger partial charge in [-0.05, 0) is 65.1 Å². The van der Waals surface area contributed by atoms with E-state index in [9.17, 15) is 14.4 Å². The van der Waals surface area contributed by atoms with E-state index >= 15 is 0 Å². The van der Waals surface area contributed by atoms with E-state index in [0.29, 0.717) is 49.6 Å². The third kappa shape index (κ3) is 4.79. The molecular formula is C33H35ClN6O3. The molecule has 4 aliphatic rings. The molecule has 3 aromatic rings. The highest BCUT2D eigenvalue weighted by Crippen LogP contribution is 2.48. The van der Waals surface area contributed by atoms with Crippen LogP contribution in [0.1, 0.15) is 49.4 Å². The van der Waals surface area contributed by atoms with Crippen molar-refractivity contribution in [3.8, 4) is 0 Å². The number of nitrogens with zero attached hydrogens (tertiary/aromatic N) is 2. The lowest BCUT2D eigenvalue weighted by Crippen LogP contribution is -2.40. The minimum atomic E-state index is -0.622. The SMILES string of the molecule is CC(C)(C)CN1Cc2c(cc(Cl)c3[nH]ncc23)C[C@@H](CC(=O)Nc2ccc3c(c2)CC2(C3)C(=O)NC3=C2C=CCN3)C1=O. The first-order valence-electron chi connectivity index (χ1n) is 14.8. The third-order valence-electron chi connectivity index (χ3n) is 9.08. The molecule has 0 fully saturated rings. The predicted octanol–water partition coefficient (Wildman–Crippen LogP) is 4.38. The van der Waals surface area contributed by atoms with Crippen LogP contribution in [-0.4, -0.2) is 45.9 Å². The molecule has 4 heterocycles. The molecule has 0 saturated heterocycles. The summed E-state index contributed by atoms with van der Waals surface area (Å²) in [5, 5.41) is 18.0. The van der Waals surface area contributed by atoms with Crippen LogP contribution < -0.4 is 16.0 Å². The van der Waals surface area contributed by atoms with Crippen molar-refractivity contribution in [3.63, 3.8) is 0 Å². The van der Waals surface area contributed by atoms with Gasteiger partial charge in [0.1, 0.15) is 5.82 Å². The topological polar surface area (TPSA) is 119 Å². The Bertz CT molecular complexity index is 1770. The van der Waals surface area contributed by atoms with Gasteiger partial charge in [0.05, 0.1) is 28.1 Å². The standard InChI is InChI=1S/C33H35ClN6O3/c1-32(2,3)17-40-16-24-19(11-26(34)28-23(24)15-36-39-28)9-20(30(40)42)12-27(41)37-22-7-6-18-13-33(14-21(18)10-22)25-5-4-8-35-29(25)38-31(33)43/h4-7,10-11,15,20,35H,8-9,12-14,16-17H2,1-3H3,(H,36,39)(H,37,41)(H,38,43)/t20-,33?/m0/s1. The third-order valence-corrected chi connectivity index (χ3v) is 9.38. The van der Waals surface area contributed by atoms with Crippen molar-refractivity contribution >= 4 is 45.9 Å². The van der Waals surface area contributed by atoms with Gasteiger partial charge in [0.25, 0.3) is 0 Å². The largest absolute Gasteiger partial charge is 0.368 e. The molecule has 3 aliphatic heterocycles. The second-order valence-electron chi connectivity index (χ2n) is 13.5. The molecule has 4 N–H and O–H groups in total. The summed E-state index contributed by atoms with van der Waals surface area (Å²) in [7, 11) is 0. The number of dihydropyridines is 1. The number of carbonyl (C=O) groups is 3. The van der Waals surface area contributed by atoms with Crippen molar-refractivity contribution in [1.82, 2.24) is 25.7 Å². The zero-order valence-corrected chi connectivity index (χ0v) is 25.3. The van der Waals surface area contributed by atoms with Crippen molar-refractivity contribution < 1.29 is 14.4 Å². The molecular weight excluding hydrogens is 564 g/mol. The van der Waals surface area contributed by atoms with E-state index in [-0.39, 0.29) is 29.6 Å². The molecule has 2 aromatic carbocycles. The van der Waals surface area contributed by atoms with Gasteiger partial charge in [0, 0.05) is 42.7 Å². The second kappa shape index (κ2) is 9.98. The van der Waals surface area contributed by atoms with Crippen LogP contribution in [0, 0.1) is 16.7 Å². The monoisotopic (exact) mass is 598 g/mol. The van der Waals surface area contributed by atoms with Crippen LogP contribution in [0.5, 0.6) is 0 Å². The van der Waals surface area contributed by atoms with E-state index in [1.165, 1.54) is 0 Å². The highest BCUT2D eigenvalue weighted by molar-refractivity contribution is 6.35. The van der Waals surface area contributed by atoms with Crippen molar-refractivity contribution in [2.24, 2.45) is 16.7 Å². The Morgan fingerprint density at radius 3 is 2.79 bits per heavy atom. The van der Waals surface area contributed by atoms with E-state index < -0.39 is 11.3 Å². The van der Waals surface area contributed by atoms with E-state index in [0.717, 1.165) is 44.6 Å². The average molecular weight is 599 g/mol. The van der Waals surface area contributed by atoms with E-state index in [1.54, 1.807) is 6.20 Å². The molecule has 222 valence electrons. The van der Waals surface area contributed by atoms with Gasteiger partial charge in [-0.3, -0.25) is 19.5 Å². The van der Waals surface area contributed by atoms with E-state index in [4.69, 9.17) is 11.6 Å². The lowest BCUT2D eigenvalue weighted by atomic mass is 9.78. The molecule has 3 amide bonds. The maximum atomic E-state index is 13.9. The van der Waals surface area contributed by atoms with Gasteiger partial charge < -0.3 is 20.9 Å². The Labute approximate surface area is 255 Å². The fourth-order valence-electron chi connectivity index (χ4n) is 7.22. The van der Waals surface area contributed by atoms with E-state index in [2.05, 4.69) is 46.9 Å². The normalized spacial score (nSPS) is 22.8. The summed E-state index contributed by atoms with van der Waals surface area (Å²) in [4.78, 5) is 42.4. The average Bonchev–Trinajstić information content (AvgIpc) is 3.63. The van der Waals surface area contributed by atoms with Gasteiger partial charge in [-0.1, -0.05) is 50.6 Å². The number of aromatic amines is 1. The molecule has 43 heavy (non-hydrogen) atoms. The number of amides is 3. The Morgan fingerprint density at radius 1 is 1.16 bits per heavy atom. The van der Waals surface area contributed by atoms with Gasteiger partial charge in [-0.2, -0.15) is 5.10 Å². The number of benzene rings is 2. The zero-order valence-electron chi connectivity index (χ0n) is 24.6. The van der Waals surface area contributed by atoms with Crippen molar-refractivity contribution in [3.05, 3.63) is 81.3 Å². The molecule has 0 bridgehead atoms. The van der Waals surface area contributed by atoms with Crippen LogP contribution in [0.25, 0.3) is 10.9 Å². The number of rotatable bonds is 4. The summed E-state index contributed by atoms with van der Waals surface area (Å²) in [6.45, 7) is 8.02. The highest BCUT2D eigenvalue weighted by atomic mass is 35.5. The predicted molar refractivity (Wildman–Crippen MR) is 165 cm³/mol. The van der Waals surface area contributed by atoms with Crippen molar-refractivity contribution in [2.45, 2.75) is 53.0 Å². The lowest BCUT2D eigenvalue weighted by Gasteiger charge is -2.31. The number of hydrogen-bond acceptors (Lipinski definition) is 5. The van der Waals surface area contributed by atoms with Gasteiger partial charge in [0.2, 0.25) is 17.7 Å². The van der Waals surface area contributed by atoms with Gasteiger partial charge >= 0.3 is 0 Å². The first kappa shape index (κ1) is 27.7. The smallest absolute Gasteiger partial charge is 0.236 e. The number of anilines is 1. The number of H-pyrrole nitrogens is 1. The number of halogens is 1. The summed E-state index contributed by atoms with van der Waals surface area (Å²) in [5.74, 6) is 0.0378. The number of allylic oxidation sites excluding steroid dienone is 1. The Balaban J connectivity index is 1.12. The molecule has 1 spiro atoms. The van der Waals surface area contributed by atoms with Crippen LogP contribution in [0.4, 0.5) is 5.69 Å². The Kier molecular flexibility index (Phi) is 6.43. The first-order valence-corrected chi connectivity index (χ1v) is 15.2. The first-order chi connectivity index (χ1) is 20.5. The fraction of sp³-hybridized carbons (Fsp3) is 0.394. The zero-order chi connectivity index (χ0) is 30.1.